The fourth-order valence-electron chi connectivity index (χ4n) is 1.56. The molecule has 0 spiro atoms. The first-order chi connectivity index (χ1) is 5.88. The maximum Gasteiger partial charge on any atom is 0.160 e. The summed E-state index contributed by atoms with van der Waals surface area (Å²) in [7, 11) is 0. The Hall–Kier alpha value is -0.120. The van der Waals surface area contributed by atoms with Crippen LogP contribution in [0.15, 0.2) is 0 Å². The van der Waals surface area contributed by atoms with Crippen LogP contribution in [0.2, 0.25) is 0 Å². The maximum absolute atomic E-state index is 5.45. The van der Waals surface area contributed by atoms with E-state index in [1.54, 1.807) is 0 Å². The van der Waals surface area contributed by atoms with Gasteiger partial charge in [0.25, 0.3) is 0 Å². The molecule has 2 N–H and O–H groups in total. The van der Waals surface area contributed by atoms with Crippen molar-refractivity contribution in [2.75, 3.05) is 19.8 Å². The number of nitrogens with two attached hydrogens (primary N) is 1. The fraction of sp³-hybridized carbons (Fsp3) is 1.00. The van der Waals surface area contributed by atoms with E-state index in [9.17, 15) is 0 Å². The monoisotopic (exact) mass is 173 g/mol. The Balaban J connectivity index is 2.22. The number of rotatable bonds is 5. The molecule has 0 saturated carbocycles. The number of hydrogen-bond donors (Lipinski definition) is 1. The number of ether oxygens (including phenoxy) is 2. The molecule has 1 rings (SSSR count). The van der Waals surface area contributed by atoms with Gasteiger partial charge in [0.05, 0.1) is 13.2 Å². The second-order valence-electron chi connectivity index (χ2n) is 3.21. The summed E-state index contributed by atoms with van der Waals surface area (Å²) >= 11 is 0. The molecular weight excluding hydrogens is 154 g/mol. The van der Waals surface area contributed by atoms with Gasteiger partial charge >= 0.3 is 0 Å². The molecule has 1 atom stereocenters. The molecule has 3 nitrogen and oxygen atoms in total. The van der Waals surface area contributed by atoms with Crippen molar-refractivity contribution in [1.29, 1.82) is 0 Å². The van der Waals surface area contributed by atoms with E-state index in [1.807, 2.05) is 0 Å². The van der Waals surface area contributed by atoms with E-state index in [0.717, 1.165) is 39.0 Å². The van der Waals surface area contributed by atoms with Crippen molar-refractivity contribution in [3.05, 3.63) is 0 Å². The summed E-state index contributed by atoms with van der Waals surface area (Å²) in [5.74, 6) is 0.538. The van der Waals surface area contributed by atoms with Crippen LogP contribution in [0.5, 0.6) is 0 Å². The van der Waals surface area contributed by atoms with Crippen LogP contribution in [0.1, 0.15) is 26.2 Å². The smallest absolute Gasteiger partial charge is 0.160 e. The highest BCUT2D eigenvalue weighted by Crippen LogP contribution is 2.21. The third-order valence-electron chi connectivity index (χ3n) is 2.34. The van der Waals surface area contributed by atoms with E-state index in [-0.39, 0.29) is 6.29 Å². The first-order valence-corrected chi connectivity index (χ1v) is 4.81. The van der Waals surface area contributed by atoms with Gasteiger partial charge in [-0.25, -0.2) is 0 Å². The Morgan fingerprint density at radius 2 is 2.08 bits per heavy atom. The van der Waals surface area contributed by atoms with Crippen LogP contribution in [0.25, 0.3) is 0 Å². The van der Waals surface area contributed by atoms with Crippen molar-refractivity contribution in [2.24, 2.45) is 11.7 Å². The summed E-state index contributed by atoms with van der Waals surface area (Å²) < 4.78 is 10.9. The van der Waals surface area contributed by atoms with Crippen LogP contribution < -0.4 is 5.73 Å². The Bertz CT molecular complexity index is 113. The van der Waals surface area contributed by atoms with Crippen molar-refractivity contribution in [1.82, 2.24) is 0 Å². The Kier molecular flexibility index (Phi) is 4.58. The first-order valence-electron chi connectivity index (χ1n) is 4.81. The molecule has 0 bridgehead atoms. The lowest BCUT2D eigenvalue weighted by Gasteiger charge is -2.19. The molecule has 72 valence electrons. The van der Waals surface area contributed by atoms with Gasteiger partial charge in [0.1, 0.15) is 0 Å². The molecule has 12 heavy (non-hydrogen) atoms. The summed E-state index contributed by atoms with van der Waals surface area (Å²) in [4.78, 5) is 0. The molecule has 1 heterocycles. The average molecular weight is 173 g/mol. The molecule has 3 heteroatoms. The van der Waals surface area contributed by atoms with Crippen molar-refractivity contribution < 1.29 is 9.47 Å². The van der Waals surface area contributed by atoms with Crippen LogP contribution >= 0.6 is 0 Å². The molecule has 1 aliphatic rings. The summed E-state index contributed by atoms with van der Waals surface area (Å²) in [6.07, 6.45) is 3.35. The molecule has 1 unspecified atom stereocenters. The zero-order valence-electron chi connectivity index (χ0n) is 7.79. The summed E-state index contributed by atoms with van der Waals surface area (Å²) in [6.45, 7) is 4.45. The fourth-order valence-corrected chi connectivity index (χ4v) is 1.56. The predicted octanol–water partition coefficient (Wildman–Crippen LogP) is 1.12. The van der Waals surface area contributed by atoms with Gasteiger partial charge in [-0.1, -0.05) is 6.92 Å². The highest BCUT2D eigenvalue weighted by molar-refractivity contribution is 4.65. The van der Waals surface area contributed by atoms with Gasteiger partial charge in [0, 0.05) is 5.92 Å². The maximum atomic E-state index is 5.45. The highest BCUT2D eigenvalue weighted by atomic mass is 16.7. The van der Waals surface area contributed by atoms with Crippen LogP contribution in [0.3, 0.4) is 0 Å². The Morgan fingerprint density at radius 1 is 1.42 bits per heavy atom. The van der Waals surface area contributed by atoms with Crippen LogP contribution in [0, 0.1) is 5.92 Å². The molecular formula is C9H19NO2. The molecule has 0 aromatic rings. The van der Waals surface area contributed by atoms with Gasteiger partial charge in [-0.15, -0.1) is 0 Å². The standard InChI is InChI=1S/C9H19NO2/c1-2-8(4-3-5-10)9-11-6-7-12-9/h8-9H,2-7,10H2,1H3. The van der Waals surface area contributed by atoms with Crippen molar-refractivity contribution in [2.45, 2.75) is 32.5 Å². The zero-order valence-corrected chi connectivity index (χ0v) is 7.79. The molecule has 0 aliphatic carbocycles. The van der Waals surface area contributed by atoms with E-state index in [2.05, 4.69) is 6.92 Å². The second kappa shape index (κ2) is 5.51. The van der Waals surface area contributed by atoms with Gasteiger partial charge in [0.15, 0.2) is 6.29 Å². The van der Waals surface area contributed by atoms with Crippen LogP contribution in [-0.2, 0) is 9.47 Å². The quantitative estimate of drug-likeness (QED) is 0.677. The number of hydrogen-bond acceptors (Lipinski definition) is 3. The van der Waals surface area contributed by atoms with Crippen molar-refractivity contribution in [3.63, 3.8) is 0 Å². The third kappa shape index (κ3) is 2.73. The van der Waals surface area contributed by atoms with Crippen LogP contribution in [-0.4, -0.2) is 26.0 Å². The summed E-state index contributed by atoms with van der Waals surface area (Å²) in [5, 5.41) is 0. The van der Waals surface area contributed by atoms with Gasteiger partial charge in [-0.2, -0.15) is 0 Å². The lowest BCUT2D eigenvalue weighted by molar-refractivity contribution is -0.0865. The topological polar surface area (TPSA) is 44.5 Å². The van der Waals surface area contributed by atoms with Gasteiger partial charge in [-0.05, 0) is 25.8 Å². The summed E-state index contributed by atoms with van der Waals surface area (Å²) in [5.41, 5.74) is 5.45. The van der Waals surface area contributed by atoms with E-state index in [0.29, 0.717) is 5.92 Å². The average Bonchev–Trinajstić information content (AvgIpc) is 2.59. The van der Waals surface area contributed by atoms with Gasteiger partial charge in [-0.3, -0.25) is 0 Å². The molecule has 1 saturated heterocycles. The molecule has 0 amide bonds. The molecule has 0 radical (unpaired) electrons. The van der Waals surface area contributed by atoms with Gasteiger partial charge < -0.3 is 15.2 Å². The minimum Gasteiger partial charge on any atom is -0.350 e. The van der Waals surface area contributed by atoms with E-state index in [1.165, 1.54) is 0 Å². The molecule has 0 aromatic heterocycles. The third-order valence-corrected chi connectivity index (χ3v) is 2.34. The van der Waals surface area contributed by atoms with Gasteiger partial charge in [0.2, 0.25) is 0 Å². The minimum atomic E-state index is 0.0431. The minimum absolute atomic E-state index is 0.0431. The van der Waals surface area contributed by atoms with E-state index >= 15 is 0 Å². The largest absolute Gasteiger partial charge is 0.350 e. The molecule has 1 fully saturated rings. The lowest BCUT2D eigenvalue weighted by atomic mass is 10.00. The molecule has 1 aliphatic heterocycles. The lowest BCUT2D eigenvalue weighted by Crippen LogP contribution is -2.21. The van der Waals surface area contributed by atoms with E-state index < -0.39 is 0 Å². The Morgan fingerprint density at radius 3 is 2.58 bits per heavy atom. The van der Waals surface area contributed by atoms with Crippen molar-refractivity contribution in [3.8, 4) is 0 Å². The second-order valence-corrected chi connectivity index (χ2v) is 3.21. The van der Waals surface area contributed by atoms with Crippen molar-refractivity contribution >= 4 is 0 Å². The first kappa shape index (κ1) is 9.96. The molecule has 0 aromatic carbocycles. The SMILES string of the molecule is CCC(CCCN)C1OCCO1. The Labute approximate surface area is 74.2 Å². The predicted molar refractivity (Wildman–Crippen MR) is 47.8 cm³/mol. The zero-order chi connectivity index (χ0) is 8.81. The summed E-state index contributed by atoms with van der Waals surface area (Å²) in [6, 6.07) is 0. The normalized spacial score (nSPS) is 21.5. The van der Waals surface area contributed by atoms with Crippen LogP contribution in [0.4, 0.5) is 0 Å². The highest BCUT2D eigenvalue weighted by Gasteiger charge is 2.24. The van der Waals surface area contributed by atoms with E-state index in [4.69, 9.17) is 15.2 Å².